The summed E-state index contributed by atoms with van der Waals surface area (Å²) in [5.74, 6) is 0. The highest BCUT2D eigenvalue weighted by molar-refractivity contribution is 5.03. The second-order valence-electron chi connectivity index (χ2n) is 6.08. The molecule has 0 aromatic carbocycles. The van der Waals surface area contributed by atoms with E-state index in [1.165, 1.54) is 51.7 Å². The van der Waals surface area contributed by atoms with E-state index in [1.54, 1.807) is 0 Å². The van der Waals surface area contributed by atoms with Crippen molar-refractivity contribution >= 4 is 0 Å². The summed E-state index contributed by atoms with van der Waals surface area (Å²) >= 11 is 0. The van der Waals surface area contributed by atoms with E-state index in [4.69, 9.17) is 0 Å². The second-order valence-corrected chi connectivity index (χ2v) is 6.08. The Morgan fingerprint density at radius 1 is 1.16 bits per heavy atom. The van der Waals surface area contributed by atoms with Crippen molar-refractivity contribution in [1.82, 2.24) is 10.2 Å². The van der Waals surface area contributed by atoms with E-state index in [9.17, 15) is 5.26 Å². The maximum atomic E-state index is 9.27. The molecule has 0 aromatic heterocycles. The van der Waals surface area contributed by atoms with Crippen LogP contribution in [-0.4, -0.2) is 36.6 Å². The Morgan fingerprint density at radius 3 is 2.42 bits per heavy atom. The van der Waals surface area contributed by atoms with Crippen molar-refractivity contribution in [2.75, 3.05) is 26.2 Å². The SMILES string of the molecule is CCCNC(C)(C#N)CCCCN1CCCCCC1. The first kappa shape index (κ1) is 16.5. The fourth-order valence-electron chi connectivity index (χ4n) is 2.76. The van der Waals surface area contributed by atoms with E-state index >= 15 is 0 Å². The van der Waals surface area contributed by atoms with Gasteiger partial charge in [0, 0.05) is 0 Å². The van der Waals surface area contributed by atoms with Crippen LogP contribution in [0.3, 0.4) is 0 Å². The molecule has 3 heteroatoms. The van der Waals surface area contributed by atoms with Gasteiger partial charge in [-0.1, -0.05) is 19.8 Å². The number of likely N-dealkylation sites (tertiary alicyclic amines) is 1. The minimum Gasteiger partial charge on any atom is -0.303 e. The zero-order valence-electron chi connectivity index (χ0n) is 12.9. The maximum absolute atomic E-state index is 9.27. The van der Waals surface area contributed by atoms with Gasteiger partial charge in [-0.2, -0.15) is 5.26 Å². The number of nitriles is 1. The van der Waals surface area contributed by atoms with Crippen LogP contribution in [0.15, 0.2) is 0 Å². The number of unbranched alkanes of at least 4 members (excludes halogenated alkanes) is 1. The van der Waals surface area contributed by atoms with Gasteiger partial charge < -0.3 is 4.90 Å². The van der Waals surface area contributed by atoms with Gasteiger partial charge in [0.15, 0.2) is 0 Å². The third-order valence-electron chi connectivity index (χ3n) is 4.11. The minimum atomic E-state index is -0.325. The molecule has 1 rings (SSSR count). The molecule has 3 nitrogen and oxygen atoms in total. The molecule has 0 bridgehead atoms. The lowest BCUT2D eigenvalue weighted by Gasteiger charge is -2.24. The monoisotopic (exact) mass is 265 g/mol. The Hall–Kier alpha value is -0.590. The first-order chi connectivity index (χ1) is 9.20. The summed E-state index contributed by atoms with van der Waals surface area (Å²) < 4.78 is 0. The smallest absolute Gasteiger partial charge is 0.103 e. The van der Waals surface area contributed by atoms with Crippen LogP contribution < -0.4 is 5.32 Å². The maximum Gasteiger partial charge on any atom is 0.103 e. The standard InChI is InChI=1S/C16H31N3/c1-3-11-18-16(2,15-17)10-6-9-14-19-12-7-4-5-8-13-19/h18H,3-14H2,1-2H3. The van der Waals surface area contributed by atoms with E-state index in [1.807, 2.05) is 6.92 Å². The van der Waals surface area contributed by atoms with Crippen LogP contribution in [0.5, 0.6) is 0 Å². The predicted octanol–water partition coefficient (Wildman–Crippen LogP) is 3.31. The molecule has 0 aromatic rings. The van der Waals surface area contributed by atoms with Crippen molar-refractivity contribution in [3.8, 4) is 6.07 Å². The van der Waals surface area contributed by atoms with E-state index in [2.05, 4.69) is 23.2 Å². The lowest BCUT2D eigenvalue weighted by atomic mass is 9.96. The molecule has 110 valence electrons. The topological polar surface area (TPSA) is 39.1 Å². The molecule has 0 amide bonds. The Labute approximate surface area is 119 Å². The Bertz CT molecular complexity index is 264. The van der Waals surface area contributed by atoms with Gasteiger partial charge >= 0.3 is 0 Å². The van der Waals surface area contributed by atoms with Gasteiger partial charge in [0.1, 0.15) is 5.54 Å². The van der Waals surface area contributed by atoms with Gasteiger partial charge in [-0.05, 0) is 71.6 Å². The second kappa shape index (κ2) is 9.34. The average Bonchev–Trinajstić information content (AvgIpc) is 2.70. The summed E-state index contributed by atoms with van der Waals surface area (Å²) in [4.78, 5) is 2.61. The molecule has 1 saturated heterocycles. The highest BCUT2D eigenvalue weighted by atomic mass is 15.1. The lowest BCUT2D eigenvalue weighted by Crippen LogP contribution is -2.41. The first-order valence-corrected chi connectivity index (χ1v) is 8.09. The van der Waals surface area contributed by atoms with Crippen LogP contribution in [0.2, 0.25) is 0 Å². The van der Waals surface area contributed by atoms with E-state index in [0.29, 0.717) is 0 Å². The van der Waals surface area contributed by atoms with E-state index in [-0.39, 0.29) is 5.54 Å². The highest BCUT2D eigenvalue weighted by Crippen LogP contribution is 2.15. The number of hydrogen-bond donors (Lipinski definition) is 1. The van der Waals surface area contributed by atoms with Crippen molar-refractivity contribution in [2.45, 2.75) is 70.8 Å². The van der Waals surface area contributed by atoms with Gasteiger partial charge in [-0.25, -0.2) is 0 Å². The third-order valence-corrected chi connectivity index (χ3v) is 4.11. The third kappa shape index (κ3) is 6.94. The molecule has 1 heterocycles. The molecular formula is C16H31N3. The minimum absolute atomic E-state index is 0.325. The quantitative estimate of drug-likeness (QED) is 0.684. The van der Waals surface area contributed by atoms with Gasteiger partial charge in [-0.15, -0.1) is 0 Å². The number of nitrogens with one attached hydrogen (secondary N) is 1. The van der Waals surface area contributed by atoms with Gasteiger partial charge in [0.2, 0.25) is 0 Å². The van der Waals surface area contributed by atoms with Gasteiger partial charge in [-0.3, -0.25) is 5.32 Å². The summed E-state index contributed by atoms with van der Waals surface area (Å²) in [6.07, 6.45) is 9.99. The first-order valence-electron chi connectivity index (χ1n) is 8.09. The van der Waals surface area contributed by atoms with Crippen molar-refractivity contribution < 1.29 is 0 Å². The summed E-state index contributed by atoms with van der Waals surface area (Å²) in [6.45, 7) is 8.90. The van der Waals surface area contributed by atoms with Crippen molar-refractivity contribution in [3.63, 3.8) is 0 Å². The van der Waals surface area contributed by atoms with Crippen LogP contribution in [-0.2, 0) is 0 Å². The van der Waals surface area contributed by atoms with Crippen molar-refractivity contribution in [1.29, 1.82) is 5.26 Å². The number of nitrogens with zero attached hydrogens (tertiary/aromatic N) is 2. The molecule has 1 atom stereocenters. The molecule has 1 unspecified atom stereocenters. The normalized spacial score (nSPS) is 20.5. The molecule has 1 aliphatic rings. The molecule has 0 spiro atoms. The van der Waals surface area contributed by atoms with Gasteiger partial charge in [0.05, 0.1) is 6.07 Å². The number of rotatable bonds is 8. The zero-order valence-corrected chi connectivity index (χ0v) is 12.9. The van der Waals surface area contributed by atoms with Crippen molar-refractivity contribution in [2.24, 2.45) is 0 Å². The highest BCUT2D eigenvalue weighted by Gasteiger charge is 2.21. The summed E-state index contributed by atoms with van der Waals surface area (Å²) in [6, 6.07) is 2.44. The Kier molecular flexibility index (Phi) is 8.09. The van der Waals surface area contributed by atoms with E-state index < -0.39 is 0 Å². The number of hydrogen-bond acceptors (Lipinski definition) is 3. The summed E-state index contributed by atoms with van der Waals surface area (Å²) in [5, 5.41) is 12.6. The van der Waals surface area contributed by atoms with Crippen molar-refractivity contribution in [3.05, 3.63) is 0 Å². The van der Waals surface area contributed by atoms with Crippen LogP contribution in [0.4, 0.5) is 0 Å². The average molecular weight is 265 g/mol. The van der Waals surface area contributed by atoms with Gasteiger partial charge in [0.25, 0.3) is 0 Å². The molecule has 1 fully saturated rings. The fraction of sp³-hybridized carbons (Fsp3) is 0.938. The Balaban J connectivity index is 2.16. The predicted molar refractivity (Wildman–Crippen MR) is 81.1 cm³/mol. The fourth-order valence-corrected chi connectivity index (χ4v) is 2.76. The molecule has 0 radical (unpaired) electrons. The largest absolute Gasteiger partial charge is 0.303 e. The van der Waals surface area contributed by atoms with Crippen LogP contribution in [0, 0.1) is 11.3 Å². The zero-order chi connectivity index (χ0) is 14.0. The molecule has 19 heavy (non-hydrogen) atoms. The van der Waals surface area contributed by atoms with Crippen LogP contribution in [0.25, 0.3) is 0 Å². The Morgan fingerprint density at radius 2 is 1.84 bits per heavy atom. The van der Waals surface area contributed by atoms with E-state index in [0.717, 1.165) is 25.8 Å². The van der Waals surface area contributed by atoms with Crippen LogP contribution >= 0.6 is 0 Å². The molecular weight excluding hydrogens is 234 g/mol. The molecule has 0 aliphatic carbocycles. The van der Waals surface area contributed by atoms with Crippen LogP contribution in [0.1, 0.15) is 65.2 Å². The summed E-state index contributed by atoms with van der Waals surface area (Å²) in [7, 11) is 0. The molecule has 0 saturated carbocycles. The summed E-state index contributed by atoms with van der Waals surface area (Å²) in [5.41, 5.74) is -0.325. The molecule has 1 aliphatic heterocycles. The lowest BCUT2D eigenvalue weighted by molar-refractivity contribution is 0.273. The molecule has 1 N–H and O–H groups in total.